The number of carbonyl (C=O) groups excluding carboxylic acids is 3. The predicted molar refractivity (Wildman–Crippen MR) is 177 cm³/mol. The Hall–Kier alpha value is -4.58. The summed E-state index contributed by atoms with van der Waals surface area (Å²) in [4.78, 5) is 42.3. The van der Waals surface area contributed by atoms with Crippen LogP contribution in [-0.4, -0.2) is 41.6 Å². The van der Waals surface area contributed by atoms with Crippen LogP contribution in [0.4, 0.5) is 10.1 Å². The molecule has 0 saturated carbocycles. The highest BCUT2D eigenvalue weighted by molar-refractivity contribution is 7.21. The molecule has 1 aliphatic carbocycles. The van der Waals surface area contributed by atoms with Gasteiger partial charge in [0.2, 0.25) is 0 Å². The van der Waals surface area contributed by atoms with E-state index in [1.165, 1.54) is 4.90 Å². The van der Waals surface area contributed by atoms with Crippen molar-refractivity contribution in [3.8, 4) is 11.5 Å². The Kier molecular flexibility index (Phi) is 8.18. The number of carbonyl (C=O) groups is 3. The number of thiophene rings is 1. The molecule has 0 spiro atoms. The fraction of sp³-hybridized carbons (Fsp3) is 0.286. The van der Waals surface area contributed by atoms with Gasteiger partial charge in [-0.1, -0.05) is 30.3 Å². The topological polar surface area (TPSA) is 154 Å². The number of rotatable bonds is 6. The van der Waals surface area contributed by atoms with E-state index in [0.717, 1.165) is 16.9 Å². The molecular weight excluding hydrogens is 605 g/mol. The number of aryl methyl sites for hydroxylation is 1. The van der Waals surface area contributed by atoms with E-state index < -0.39 is 41.0 Å². The van der Waals surface area contributed by atoms with Crippen molar-refractivity contribution < 1.29 is 23.5 Å². The number of halogens is 1. The van der Waals surface area contributed by atoms with Gasteiger partial charge in [0.05, 0.1) is 15.6 Å². The van der Waals surface area contributed by atoms with E-state index in [0.29, 0.717) is 68.9 Å². The molecule has 7 N–H and O–H groups in total. The first-order valence-electron chi connectivity index (χ1n) is 15.1. The van der Waals surface area contributed by atoms with Crippen LogP contribution >= 0.6 is 11.3 Å². The van der Waals surface area contributed by atoms with Gasteiger partial charge in [-0.05, 0) is 86.2 Å². The van der Waals surface area contributed by atoms with E-state index in [9.17, 15) is 18.8 Å². The zero-order valence-electron chi connectivity index (χ0n) is 25.9. The smallest absolute Gasteiger partial charge is 0.282 e. The number of likely N-dealkylation sites (tertiary alicyclic amines) is 1. The molecule has 1 fully saturated rings. The van der Waals surface area contributed by atoms with Gasteiger partial charge >= 0.3 is 0 Å². The first kappa shape index (κ1) is 31.4. The number of benzene rings is 3. The van der Waals surface area contributed by atoms with Gasteiger partial charge < -0.3 is 32.2 Å². The highest BCUT2D eigenvalue weighted by atomic mass is 32.1. The van der Waals surface area contributed by atoms with Gasteiger partial charge in [-0.15, -0.1) is 11.3 Å². The molecular formula is C35H36FN5O4S. The minimum atomic E-state index is -1.61. The maximum absolute atomic E-state index is 14.4. The zero-order valence-corrected chi connectivity index (χ0v) is 26.7. The third-order valence-corrected chi connectivity index (χ3v) is 10.0. The largest absolute Gasteiger partial charge is 0.457 e. The summed E-state index contributed by atoms with van der Waals surface area (Å²) in [5, 5.41) is 3.59. The third kappa shape index (κ3) is 5.24. The number of allylic oxidation sites excluding steroid dienone is 1. The second-order valence-corrected chi connectivity index (χ2v) is 13.2. The first-order valence-corrected chi connectivity index (χ1v) is 15.9. The van der Waals surface area contributed by atoms with Crippen LogP contribution in [0, 0.1) is 6.92 Å². The molecule has 9 nitrogen and oxygen atoms in total. The molecule has 6 rings (SSSR count). The Bertz CT molecular complexity index is 1920. The lowest BCUT2D eigenvalue weighted by Crippen LogP contribution is -2.53. The summed E-state index contributed by atoms with van der Waals surface area (Å²) in [6, 6.07) is 16.5. The maximum atomic E-state index is 14.4. The molecule has 2 heterocycles. The number of hydrogen-bond acceptors (Lipinski definition) is 8. The van der Waals surface area contributed by atoms with Gasteiger partial charge in [-0.2, -0.15) is 0 Å². The number of para-hydroxylation sites is 1. The number of piperidine rings is 1. The summed E-state index contributed by atoms with van der Waals surface area (Å²) < 4.78 is 21.0. The van der Waals surface area contributed by atoms with E-state index >= 15 is 0 Å². The van der Waals surface area contributed by atoms with Gasteiger partial charge in [-0.3, -0.25) is 14.4 Å². The molecule has 3 unspecified atom stereocenters. The van der Waals surface area contributed by atoms with Gasteiger partial charge in [0, 0.05) is 35.8 Å². The SMILES string of the molecule is CC(C)=C(F)C(=O)N1CCCC(NC(=O)c2sc3c(N)ccc4c3c2C(N)C(=O)C4(N)c2ccc(Oc3ccccc3)cc2C)C1. The van der Waals surface area contributed by atoms with Crippen molar-refractivity contribution in [3.63, 3.8) is 0 Å². The number of ketones is 1. The van der Waals surface area contributed by atoms with E-state index in [1.807, 2.05) is 43.3 Å². The van der Waals surface area contributed by atoms with Crippen molar-refractivity contribution in [2.45, 2.75) is 51.2 Å². The molecule has 46 heavy (non-hydrogen) atoms. The molecule has 2 amide bonds. The summed E-state index contributed by atoms with van der Waals surface area (Å²) in [5.41, 5.74) is 21.5. The van der Waals surface area contributed by atoms with Crippen LogP contribution in [0.2, 0.25) is 0 Å². The van der Waals surface area contributed by atoms with Crippen molar-refractivity contribution in [3.05, 3.63) is 99.2 Å². The molecule has 0 radical (unpaired) electrons. The van der Waals surface area contributed by atoms with Crippen LogP contribution in [-0.2, 0) is 15.1 Å². The second-order valence-electron chi connectivity index (χ2n) is 12.2. The molecule has 11 heteroatoms. The Morgan fingerprint density at radius 2 is 1.78 bits per heavy atom. The number of nitrogens with two attached hydrogens (primary N) is 3. The maximum Gasteiger partial charge on any atom is 0.282 e. The molecule has 1 saturated heterocycles. The minimum absolute atomic E-state index is 0.166. The lowest BCUT2D eigenvalue weighted by molar-refractivity contribution is -0.130. The van der Waals surface area contributed by atoms with Gasteiger partial charge in [0.15, 0.2) is 11.6 Å². The van der Waals surface area contributed by atoms with E-state index in [2.05, 4.69) is 5.32 Å². The van der Waals surface area contributed by atoms with Gasteiger partial charge in [0.1, 0.15) is 17.0 Å². The lowest BCUT2D eigenvalue weighted by Gasteiger charge is -2.37. The van der Waals surface area contributed by atoms with Crippen LogP contribution in [0.1, 0.15) is 64.7 Å². The number of nitrogens with one attached hydrogen (secondary N) is 1. The Labute approximate surface area is 270 Å². The fourth-order valence-corrected chi connectivity index (χ4v) is 7.68. The van der Waals surface area contributed by atoms with E-state index in [1.54, 1.807) is 38.1 Å². The molecule has 4 aromatic rings. The Morgan fingerprint density at radius 3 is 2.48 bits per heavy atom. The summed E-state index contributed by atoms with van der Waals surface area (Å²) in [7, 11) is 0. The van der Waals surface area contributed by atoms with E-state index in [-0.39, 0.29) is 11.4 Å². The molecule has 3 aromatic carbocycles. The van der Waals surface area contributed by atoms with Gasteiger partial charge in [-0.25, -0.2) is 4.39 Å². The summed E-state index contributed by atoms with van der Waals surface area (Å²) in [6.07, 6.45) is 1.21. The van der Waals surface area contributed by atoms with Crippen LogP contribution in [0.25, 0.3) is 10.1 Å². The van der Waals surface area contributed by atoms with Crippen LogP contribution < -0.4 is 27.3 Å². The first-order chi connectivity index (χ1) is 21.9. The quantitative estimate of drug-likeness (QED) is 0.163. The summed E-state index contributed by atoms with van der Waals surface area (Å²) in [6.45, 7) is 5.51. The van der Waals surface area contributed by atoms with Crippen molar-refractivity contribution in [1.82, 2.24) is 10.2 Å². The number of Topliss-reactive ketones (excluding diaryl/α,β-unsaturated/α-hetero) is 1. The number of amides is 2. The highest BCUT2D eigenvalue weighted by Crippen LogP contribution is 2.50. The molecule has 1 aliphatic heterocycles. The predicted octanol–water partition coefficient (Wildman–Crippen LogP) is 5.35. The number of anilines is 1. The number of nitrogen functional groups attached to an aromatic ring is 1. The molecule has 0 bridgehead atoms. The summed E-state index contributed by atoms with van der Waals surface area (Å²) in [5.74, 6) is -1.09. The Balaban J connectivity index is 1.35. The Morgan fingerprint density at radius 1 is 1.07 bits per heavy atom. The van der Waals surface area contributed by atoms with Crippen molar-refractivity contribution in [1.29, 1.82) is 0 Å². The molecule has 2 aliphatic rings. The number of hydrogen-bond donors (Lipinski definition) is 4. The highest BCUT2D eigenvalue weighted by Gasteiger charge is 2.49. The fourth-order valence-electron chi connectivity index (χ4n) is 6.48. The van der Waals surface area contributed by atoms with Crippen LogP contribution in [0.15, 0.2) is 72.1 Å². The monoisotopic (exact) mass is 641 g/mol. The molecule has 3 atom stereocenters. The standard InChI is InChI=1S/C35H36FN5O4S/c1-18(2)28(36)34(44)41-15-7-8-20(17-41)40-33(43)31-27-26-24(13-14-25(37)30(26)46-31)35(39,32(42)29(27)38)23-12-11-22(16-19(23)3)45-21-9-5-4-6-10-21/h4-6,9-14,16,20,29H,7-8,15,17,37-39H2,1-3H3,(H,40,43). The summed E-state index contributed by atoms with van der Waals surface area (Å²) >= 11 is 1.16. The average Bonchev–Trinajstić information content (AvgIpc) is 3.45. The van der Waals surface area contributed by atoms with Crippen molar-refractivity contribution >= 4 is 44.7 Å². The lowest BCUT2D eigenvalue weighted by atomic mass is 9.69. The van der Waals surface area contributed by atoms with Crippen LogP contribution in [0.5, 0.6) is 11.5 Å². The normalized spacial score (nSPS) is 20.8. The zero-order chi connectivity index (χ0) is 32.9. The van der Waals surface area contributed by atoms with E-state index in [4.69, 9.17) is 21.9 Å². The van der Waals surface area contributed by atoms with Gasteiger partial charge in [0.25, 0.3) is 11.8 Å². The minimum Gasteiger partial charge on any atom is -0.457 e. The van der Waals surface area contributed by atoms with Crippen molar-refractivity contribution in [2.75, 3.05) is 18.8 Å². The molecule has 1 aromatic heterocycles. The number of nitrogens with zero attached hydrogens (tertiary/aromatic N) is 1. The number of ether oxygens (including phenoxy) is 1. The second kappa shape index (κ2) is 12.0. The average molecular weight is 642 g/mol. The van der Waals surface area contributed by atoms with Crippen LogP contribution in [0.3, 0.4) is 0 Å². The third-order valence-electron chi connectivity index (χ3n) is 8.79. The van der Waals surface area contributed by atoms with Crippen molar-refractivity contribution in [2.24, 2.45) is 11.5 Å². The molecule has 238 valence electrons.